The predicted molar refractivity (Wildman–Crippen MR) is 95.6 cm³/mol. The van der Waals surface area contributed by atoms with E-state index in [4.69, 9.17) is 0 Å². The molecular weight excluding hydrogens is 326 g/mol. The Kier molecular flexibility index (Phi) is 5.23. The summed E-state index contributed by atoms with van der Waals surface area (Å²) in [5.74, 6) is -0.424. The van der Waals surface area contributed by atoms with Crippen LogP contribution in [0.1, 0.15) is 18.1 Å². The maximum atomic E-state index is 12.5. The Labute approximate surface area is 142 Å². The fraction of sp³-hybridized carbons (Fsp3) is 0.294. The Balaban J connectivity index is 2.34. The van der Waals surface area contributed by atoms with Crippen molar-refractivity contribution in [1.82, 2.24) is 4.98 Å². The lowest BCUT2D eigenvalue weighted by Crippen LogP contribution is -2.45. The van der Waals surface area contributed by atoms with E-state index in [0.29, 0.717) is 11.4 Å². The molecule has 1 amide bonds. The van der Waals surface area contributed by atoms with Crippen LogP contribution in [0.4, 0.5) is 11.4 Å². The first-order valence-electron chi connectivity index (χ1n) is 7.47. The van der Waals surface area contributed by atoms with Crippen molar-refractivity contribution < 1.29 is 13.2 Å². The molecule has 0 aliphatic heterocycles. The molecule has 6 nitrogen and oxygen atoms in total. The molecule has 0 saturated carbocycles. The van der Waals surface area contributed by atoms with Crippen molar-refractivity contribution in [2.45, 2.75) is 26.8 Å². The second-order valence-corrected chi connectivity index (χ2v) is 7.59. The summed E-state index contributed by atoms with van der Waals surface area (Å²) in [6.07, 6.45) is 4.19. The van der Waals surface area contributed by atoms with E-state index in [1.807, 2.05) is 19.9 Å². The van der Waals surface area contributed by atoms with Crippen molar-refractivity contribution in [2.75, 3.05) is 15.9 Å². The van der Waals surface area contributed by atoms with Gasteiger partial charge >= 0.3 is 0 Å². The zero-order chi connectivity index (χ0) is 17.9. The van der Waals surface area contributed by atoms with Gasteiger partial charge in [-0.25, -0.2) is 8.42 Å². The van der Waals surface area contributed by atoms with Crippen LogP contribution in [0.2, 0.25) is 0 Å². The Morgan fingerprint density at radius 2 is 1.92 bits per heavy atom. The molecule has 1 heterocycles. The summed E-state index contributed by atoms with van der Waals surface area (Å²) in [6.45, 7) is 5.41. The first kappa shape index (κ1) is 17.9. The van der Waals surface area contributed by atoms with Gasteiger partial charge in [-0.2, -0.15) is 0 Å². The minimum atomic E-state index is -3.63. The summed E-state index contributed by atoms with van der Waals surface area (Å²) < 4.78 is 25.7. The molecule has 0 fully saturated rings. The molecule has 128 valence electrons. The number of anilines is 2. The number of sulfonamides is 1. The van der Waals surface area contributed by atoms with E-state index in [9.17, 15) is 13.2 Å². The molecule has 24 heavy (non-hydrogen) atoms. The van der Waals surface area contributed by atoms with Crippen molar-refractivity contribution in [3.63, 3.8) is 0 Å². The maximum absolute atomic E-state index is 12.5. The zero-order valence-corrected chi connectivity index (χ0v) is 15.0. The van der Waals surface area contributed by atoms with Crippen molar-refractivity contribution >= 4 is 27.3 Å². The minimum absolute atomic E-state index is 0.424. The fourth-order valence-electron chi connectivity index (χ4n) is 2.35. The van der Waals surface area contributed by atoms with E-state index in [-0.39, 0.29) is 0 Å². The second-order valence-electron chi connectivity index (χ2n) is 5.73. The Morgan fingerprint density at radius 3 is 2.46 bits per heavy atom. The van der Waals surface area contributed by atoms with E-state index in [1.54, 1.807) is 37.4 Å². The highest BCUT2D eigenvalue weighted by Gasteiger charge is 2.29. The van der Waals surface area contributed by atoms with Gasteiger partial charge in [0.15, 0.2) is 0 Å². The Morgan fingerprint density at radius 1 is 1.21 bits per heavy atom. The molecule has 0 saturated heterocycles. The average molecular weight is 347 g/mol. The topological polar surface area (TPSA) is 79.4 Å². The van der Waals surface area contributed by atoms with Gasteiger partial charge in [-0.1, -0.05) is 6.07 Å². The number of aromatic nitrogens is 1. The van der Waals surface area contributed by atoms with Gasteiger partial charge in [0.25, 0.3) is 0 Å². The van der Waals surface area contributed by atoms with Gasteiger partial charge in [0, 0.05) is 6.20 Å². The van der Waals surface area contributed by atoms with Crippen LogP contribution in [-0.2, 0) is 14.8 Å². The van der Waals surface area contributed by atoms with Gasteiger partial charge in [-0.15, -0.1) is 0 Å². The summed E-state index contributed by atoms with van der Waals surface area (Å²) in [5, 5.41) is 2.68. The number of hydrogen-bond acceptors (Lipinski definition) is 4. The molecule has 0 radical (unpaired) electrons. The highest BCUT2D eigenvalue weighted by molar-refractivity contribution is 7.92. The number of carbonyl (C=O) groups excluding carboxylic acids is 1. The van der Waals surface area contributed by atoms with E-state index in [0.717, 1.165) is 21.7 Å². The molecule has 1 aromatic carbocycles. The van der Waals surface area contributed by atoms with Gasteiger partial charge in [0.05, 0.1) is 23.8 Å². The van der Waals surface area contributed by atoms with Crippen LogP contribution < -0.4 is 9.62 Å². The molecule has 1 atom stereocenters. The quantitative estimate of drug-likeness (QED) is 0.901. The summed E-state index contributed by atoms with van der Waals surface area (Å²) in [4.78, 5) is 16.4. The second kappa shape index (κ2) is 7.00. The van der Waals surface area contributed by atoms with Crippen LogP contribution >= 0.6 is 0 Å². The standard InChI is InChI=1S/C17H21N3O3S/c1-12-7-8-16(10-13(12)2)20(24(4,22)23)14(3)17(21)19-15-6-5-9-18-11-15/h5-11,14H,1-4H3,(H,19,21). The van der Waals surface area contributed by atoms with Crippen molar-refractivity contribution in [2.24, 2.45) is 0 Å². The van der Waals surface area contributed by atoms with Crippen LogP contribution in [0.15, 0.2) is 42.7 Å². The smallest absolute Gasteiger partial charge is 0.248 e. The highest BCUT2D eigenvalue weighted by atomic mass is 32.2. The van der Waals surface area contributed by atoms with Crippen LogP contribution in [0, 0.1) is 13.8 Å². The number of aryl methyl sites for hydroxylation is 2. The largest absolute Gasteiger partial charge is 0.323 e. The molecule has 1 aromatic heterocycles. The van der Waals surface area contributed by atoms with Crippen LogP contribution in [-0.4, -0.2) is 31.6 Å². The number of rotatable bonds is 5. The normalized spacial score (nSPS) is 12.5. The number of nitrogens with one attached hydrogen (secondary N) is 1. The first-order chi connectivity index (χ1) is 11.2. The van der Waals surface area contributed by atoms with E-state index < -0.39 is 22.0 Å². The monoisotopic (exact) mass is 347 g/mol. The molecule has 0 aliphatic carbocycles. The molecule has 7 heteroatoms. The molecule has 0 aliphatic rings. The van der Waals surface area contributed by atoms with Crippen molar-refractivity contribution in [3.8, 4) is 0 Å². The number of nitrogens with zero attached hydrogens (tertiary/aromatic N) is 2. The van der Waals surface area contributed by atoms with E-state index in [1.165, 1.54) is 6.20 Å². The number of carbonyl (C=O) groups is 1. The van der Waals surface area contributed by atoms with Crippen molar-refractivity contribution in [3.05, 3.63) is 53.9 Å². The zero-order valence-electron chi connectivity index (χ0n) is 14.1. The fourth-order valence-corrected chi connectivity index (χ4v) is 3.52. The average Bonchev–Trinajstić information content (AvgIpc) is 2.50. The number of pyridine rings is 1. The van der Waals surface area contributed by atoms with Crippen LogP contribution in [0.3, 0.4) is 0 Å². The summed E-state index contributed by atoms with van der Waals surface area (Å²) in [5.41, 5.74) is 3.00. The van der Waals surface area contributed by atoms with Gasteiger partial charge in [-0.3, -0.25) is 14.1 Å². The third-order valence-electron chi connectivity index (χ3n) is 3.76. The van der Waals surface area contributed by atoms with Gasteiger partial charge in [0.2, 0.25) is 15.9 Å². The molecular formula is C17H21N3O3S. The van der Waals surface area contributed by atoms with Gasteiger partial charge in [0.1, 0.15) is 6.04 Å². The van der Waals surface area contributed by atoms with E-state index in [2.05, 4.69) is 10.3 Å². The summed E-state index contributed by atoms with van der Waals surface area (Å²) in [6, 6.07) is 7.80. The molecule has 0 bridgehead atoms. The Bertz CT molecular complexity index is 835. The number of benzene rings is 1. The Hall–Kier alpha value is -2.41. The third-order valence-corrected chi connectivity index (χ3v) is 5.00. The molecule has 1 unspecified atom stereocenters. The lowest BCUT2D eigenvalue weighted by Gasteiger charge is -2.28. The lowest BCUT2D eigenvalue weighted by molar-refractivity contribution is -0.116. The minimum Gasteiger partial charge on any atom is -0.323 e. The lowest BCUT2D eigenvalue weighted by atomic mass is 10.1. The number of amides is 1. The maximum Gasteiger partial charge on any atom is 0.248 e. The molecule has 1 N–H and O–H groups in total. The summed E-state index contributed by atoms with van der Waals surface area (Å²) in [7, 11) is -3.63. The predicted octanol–water partition coefficient (Wildman–Crippen LogP) is 2.49. The molecule has 2 aromatic rings. The van der Waals surface area contributed by atoms with Gasteiger partial charge in [-0.05, 0) is 56.2 Å². The third kappa shape index (κ3) is 4.11. The van der Waals surface area contributed by atoms with Crippen molar-refractivity contribution in [1.29, 1.82) is 0 Å². The number of hydrogen-bond donors (Lipinski definition) is 1. The van der Waals surface area contributed by atoms with Gasteiger partial charge < -0.3 is 5.32 Å². The van der Waals surface area contributed by atoms with Crippen LogP contribution in [0.5, 0.6) is 0 Å². The molecule has 2 rings (SSSR count). The van der Waals surface area contributed by atoms with E-state index >= 15 is 0 Å². The van der Waals surface area contributed by atoms with Crippen LogP contribution in [0.25, 0.3) is 0 Å². The highest BCUT2D eigenvalue weighted by Crippen LogP contribution is 2.24. The summed E-state index contributed by atoms with van der Waals surface area (Å²) >= 11 is 0. The first-order valence-corrected chi connectivity index (χ1v) is 9.32. The SMILES string of the molecule is Cc1ccc(N(C(C)C(=O)Nc2cccnc2)S(C)(=O)=O)cc1C. The molecule has 0 spiro atoms.